The first-order valence-electron chi connectivity index (χ1n) is 1.83. The van der Waals surface area contributed by atoms with Crippen molar-refractivity contribution in [1.82, 2.24) is 5.90 Å². The van der Waals surface area contributed by atoms with Gasteiger partial charge in [0, 0.05) is 5.90 Å². The minimum Gasteiger partial charge on any atom is -0.217 e. The Labute approximate surface area is 82.7 Å². The Hall–Kier alpha value is 1.11. The summed E-state index contributed by atoms with van der Waals surface area (Å²) in [5, 5.41) is -0.401. The zero-order chi connectivity index (χ0) is 8.36. The quantitative estimate of drug-likeness (QED) is 0.542. The van der Waals surface area contributed by atoms with E-state index in [0.29, 0.717) is 0 Å². The summed E-state index contributed by atoms with van der Waals surface area (Å²) in [5.41, 5.74) is 0. The summed E-state index contributed by atoms with van der Waals surface area (Å²) in [7, 11) is 0. The molecule has 0 aliphatic rings. The number of halogens is 5. The van der Waals surface area contributed by atoms with E-state index in [1.807, 2.05) is 0 Å². The minimum absolute atomic E-state index is 0.374. The summed E-state index contributed by atoms with van der Waals surface area (Å²) in [5.74, 6) is 8.01. The average Bonchev–Trinajstić information content (AvgIpc) is 1.86. The van der Waals surface area contributed by atoms with Crippen molar-refractivity contribution in [1.29, 1.82) is 0 Å². The molecule has 0 heterocycles. The van der Waals surface area contributed by atoms with Crippen LogP contribution in [-0.2, 0) is 4.84 Å². The average molecular weight is 243 g/mol. The molecule has 0 spiro atoms. The van der Waals surface area contributed by atoms with Gasteiger partial charge in [-0.15, -0.1) is 0 Å². The van der Waals surface area contributed by atoms with Crippen LogP contribution in [0.2, 0.25) is 0 Å². The molecule has 0 aromatic carbocycles. The first-order valence-corrected chi connectivity index (χ1v) is 3.72. The van der Waals surface area contributed by atoms with E-state index in [1.165, 1.54) is 0 Å². The third-order valence-electron chi connectivity index (χ3n) is 0.536. The first kappa shape index (κ1) is 11.1. The molecular formula is C3Cl5NO. The topological polar surface area (TPSA) is 31.5 Å². The van der Waals surface area contributed by atoms with Crippen LogP contribution >= 0.6 is 58.0 Å². The SMILES string of the molecule is [N]OC(Cl)(Cl)C(Cl)=C(Cl)Cl. The predicted molar refractivity (Wildman–Crippen MR) is 42.2 cm³/mol. The van der Waals surface area contributed by atoms with Crippen LogP contribution in [0.4, 0.5) is 0 Å². The molecule has 0 amide bonds. The Morgan fingerprint density at radius 2 is 1.60 bits per heavy atom. The smallest absolute Gasteiger partial charge is 0.217 e. The second kappa shape index (κ2) is 4.21. The molecule has 2 nitrogen and oxygen atoms in total. The Morgan fingerprint density at radius 3 is 1.70 bits per heavy atom. The van der Waals surface area contributed by atoms with Crippen molar-refractivity contribution in [2.75, 3.05) is 0 Å². The molecule has 0 aromatic rings. The number of rotatable bonds is 2. The second-order valence-electron chi connectivity index (χ2n) is 1.18. The van der Waals surface area contributed by atoms with E-state index in [0.717, 1.165) is 0 Å². The van der Waals surface area contributed by atoms with Gasteiger partial charge in [-0.3, -0.25) is 0 Å². The summed E-state index contributed by atoms with van der Waals surface area (Å²) >= 11 is 26.0. The van der Waals surface area contributed by atoms with Gasteiger partial charge in [0.2, 0.25) is 0 Å². The standard InChI is InChI=1S/C3Cl5NO/c4-1(2(5)6)3(7,8)10-9. The normalized spacial score (nSPS) is 11.4. The van der Waals surface area contributed by atoms with Crippen LogP contribution in [0, 0.1) is 0 Å². The van der Waals surface area contributed by atoms with E-state index < -0.39 is 9.55 Å². The van der Waals surface area contributed by atoms with Crippen LogP contribution in [0.5, 0.6) is 0 Å². The summed E-state index contributed by atoms with van der Waals surface area (Å²) in [6.45, 7) is 0. The summed E-state index contributed by atoms with van der Waals surface area (Å²) in [4.78, 5) is 3.53. The van der Waals surface area contributed by atoms with Crippen LogP contribution in [0.1, 0.15) is 0 Å². The van der Waals surface area contributed by atoms with Crippen LogP contribution < -0.4 is 5.90 Å². The molecule has 0 saturated carbocycles. The van der Waals surface area contributed by atoms with Gasteiger partial charge in [-0.05, 0) is 0 Å². The number of hydrogen-bond donors (Lipinski definition) is 0. The summed E-state index contributed by atoms with van der Waals surface area (Å²) in [6, 6.07) is 0. The highest BCUT2D eigenvalue weighted by molar-refractivity contribution is 6.63. The maximum absolute atomic E-state index is 8.01. The lowest BCUT2D eigenvalue weighted by atomic mass is 10.7. The Balaban J connectivity index is 4.49. The predicted octanol–water partition coefficient (Wildman–Crippen LogP) is 3.00. The second-order valence-corrected chi connectivity index (χ2v) is 3.77. The summed E-state index contributed by atoms with van der Waals surface area (Å²) in [6.07, 6.45) is 0. The van der Waals surface area contributed by atoms with Crippen molar-refractivity contribution >= 4 is 58.0 Å². The van der Waals surface area contributed by atoms with Gasteiger partial charge >= 0.3 is 0 Å². The monoisotopic (exact) mass is 241 g/mol. The fraction of sp³-hybridized carbons (Fsp3) is 0.333. The summed E-state index contributed by atoms with van der Waals surface area (Å²) < 4.78 is -2.47. The molecule has 58 valence electrons. The molecular weight excluding hydrogens is 243 g/mol. The highest BCUT2D eigenvalue weighted by atomic mass is 35.5. The first-order chi connectivity index (χ1) is 4.41. The molecule has 10 heavy (non-hydrogen) atoms. The highest BCUT2D eigenvalue weighted by Crippen LogP contribution is 2.37. The van der Waals surface area contributed by atoms with Gasteiger partial charge in [-0.1, -0.05) is 58.0 Å². The lowest BCUT2D eigenvalue weighted by Crippen LogP contribution is -2.17. The molecule has 0 N–H and O–H groups in total. The maximum Gasteiger partial charge on any atom is 0.278 e. The van der Waals surface area contributed by atoms with Crippen molar-refractivity contribution in [2.45, 2.75) is 4.52 Å². The molecule has 0 rings (SSSR count). The third-order valence-corrected chi connectivity index (χ3v) is 2.27. The Kier molecular flexibility index (Phi) is 4.68. The number of hydrogen-bond acceptors (Lipinski definition) is 1. The van der Waals surface area contributed by atoms with Gasteiger partial charge < -0.3 is 0 Å². The van der Waals surface area contributed by atoms with E-state index in [4.69, 9.17) is 63.9 Å². The van der Waals surface area contributed by atoms with E-state index in [2.05, 4.69) is 4.84 Å². The highest BCUT2D eigenvalue weighted by Gasteiger charge is 2.31. The van der Waals surface area contributed by atoms with E-state index >= 15 is 0 Å². The lowest BCUT2D eigenvalue weighted by molar-refractivity contribution is 0.0894. The largest absolute Gasteiger partial charge is 0.278 e. The van der Waals surface area contributed by atoms with Crippen molar-refractivity contribution in [2.24, 2.45) is 0 Å². The van der Waals surface area contributed by atoms with E-state index in [1.54, 1.807) is 0 Å². The maximum atomic E-state index is 8.01. The van der Waals surface area contributed by atoms with Gasteiger partial charge in [0.15, 0.2) is 0 Å². The fourth-order valence-corrected chi connectivity index (χ4v) is 0.833. The molecule has 0 bridgehead atoms. The molecule has 7 heteroatoms. The van der Waals surface area contributed by atoms with E-state index in [-0.39, 0.29) is 4.49 Å². The molecule has 0 unspecified atom stereocenters. The van der Waals surface area contributed by atoms with Gasteiger partial charge in [-0.2, -0.15) is 0 Å². The molecule has 0 saturated heterocycles. The fourth-order valence-electron chi connectivity index (χ4n) is 0.150. The third kappa shape index (κ3) is 3.01. The van der Waals surface area contributed by atoms with Gasteiger partial charge in [-0.25, -0.2) is 4.84 Å². The Bertz CT molecular complexity index is 151. The van der Waals surface area contributed by atoms with Gasteiger partial charge in [0.1, 0.15) is 9.52 Å². The van der Waals surface area contributed by atoms with E-state index in [9.17, 15) is 0 Å². The zero-order valence-corrected chi connectivity index (χ0v) is 8.02. The number of nitrogens with zero attached hydrogens (tertiary/aromatic N) is 1. The van der Waals surface area contributed by atoms with Crippen molar-refractivity contribution in [3.8, 4) is 0 Å². The lowest BCUT2D eigenvalue weighted by Gasteiger charge is -2.12. The number of alkyl halides is 2. The van der Waals surface area contributed by atoms with Crippen LogP contribution in [0.15, 0.2) is 9.52 Å². The molecule has 0 aliphatic heterocycles. The van der Waals surface area contributed by atoms with Gasteiger partial charge in [0.05, 0.1) is 0 Å². The van der Waals surface area contributed by atoms with Crippen LogP contribution in [-0.4, -0.2) is 4.52 Å². The zero-order valence-electron chi connectivity index (χ0n) is 4.25. The molecule has 0 aromatic heterocycles. The van der Waals surface area contributed by atoms with Crippen molar-refractivity contribution < 1.29 is 4.84 Å². The molecule has 2 radical (unpaired) electrons. The van der Waals surface area contributed by atoms with Crippen molar-refractivity contribution in [3.63, 3.8) is 0 Å². The van der Waals surface area contributed by atoms with Gasteiger partial charge in [0.25, 0.3) is 4.52 Å². The Morgan fingerprint density at radius 1 is 1.20 bits per heavy atom. The van der Waals surface area contributed by atoms with Crippen LogP contribution in [0.25, 0.3) is 0 Å². The molecule has 0 fully saturated rings. The molecule has 0 atom stereocenters. The van der Waals surface area contributed by atoms with Crippen LogP contribution in [0.3, 0.4) is 0 Å². The minimum atomic E-state index is -2.10. The van der Waals surface area contributed by atoms with Crippen molar-refractivity contribution in [3.05, 3.63) is 9.52 Å². The molecule has 0 aliphatic carbocycles.